The number of esters is 1. The third kappa shape index (κ3) is 5.74. The predicted octanol–water partition coefficient (Wildman–Crippen LogP) is 4.30. The van der Waals surface area contributed by atoms with Crippen LogP contribution < -0.4 is 20.1 Å². The van der Waals surface area contributed by atoms with Gasteiger partial charge in [0, 0.05) is 17.8 Å². The maximum Gasteiger partial charge on any atom is 0.341 e. The number of carbonyl (C=O) groups excluding carboxylic acids is 3. The van der Waals surface area contributed by atoms with E-state index < -0.39 is 23.9 Å². The number of hydrogen-bond donors (Lipinski definition) is 2. The molecule has 3 rings (SSSR count). The number of hydrogen-bond acceptors (Lipinski definition) is 7. The standard InChI is InChI=1S/C25H26N2O7/c1-5-16-8-10-17(11-9-16)26-23(28)15(2)34-25(30)18-13-21(31-3)22(32-4)14-19(18)27-24(29)20-7-6-12-33-20/h6-15H,5H2,1-4H3,(H,26,28)(H,27,29). The summed E-state index contributed by atoms with van der Waals surface area (Å²) in [5, 5.41) is 5.32. The van der Waals surface area contributed by atoms with Crippen molar-refractivity contribution in [1.82, 2.24) is 0 Å². The summed E-state index contributed by atoms with van der Waals surface area (Å²) in [7, 11) is 2.83. The van der Waals surface area contributed by atoms with Gasteiger partial charge in [0.05, 0.1) is 31.7 Å². The minimum absolute atomic E-state index is 0.0236. The van der Waals surface area contributed by atoms with Crippen LogP contribution in [0.15, 0.2) is 59.2 Å². The second-order valence-electron chi connectivity index (χ2n) is 7.27. The zero-order valence-corrected chi connectivity index (χ0v) is 19.3. The van der Waals surface area contributed by atoms with Crippen LogP contribution >= 0.6 is 0 Å². The maximum atomic E-state index is 13.0. The van der Waals surface area contributed by atoms with E-state index in [4.69, 9.17) is 18.6 Å². The number of nitrogens with one attached hydrogen (secondary N) is 2. The Hall–Kier alpha value is -4.27. The van der Waals surface area contributed by atoms with Gasteiger partial charge in [-0.05, 0) is 43.2 Å². The summed E-state index contributed by atoms with van der Waals surface area (Å²) in [4.78, 5) is 38.0. The molecule has 0 aliphatic carbocycles. The third-order valence-corrected chi connectivity index (χ3v) is 5.02. The summed E-state index contributed by atoms with van der Waals surface area (Å²) >= 11 is 0. The highest BCUT2D eigenvalue weighted by Gasteiger charge is 2.25. The van der Waals surface area contributed by atoms with Crippen molar-refractivity contribution >= 4 is 29.2 Å². The molecule has 1 aromatic heterocycles. The van der Waals surface area contributed by atoms with E-state index in [0.29, 0.717) is 5.69 Å². The van der Waals surface area contributed by atoms with Gasteiger partial charge in [-0.15, -0.1) is 0 Å². The van der Waals surface area contributed by atoms with E-state index in [0.717, 1.165) is 12.0 Å². The number of benzene rings is 2. The van der Waals surface area contributed by atoms with Gasteiger partial charge in [0.2, 0.25) is 0 Å². The van der Waals surface area contributed by atoms with Gasteiger partial charge in [0.25, 0.3) is 11.8 Å². The van der Waals surface area contributed by atoms with E-state index in [1.807, 2.05) is 19.1 Å². The molecule has 9 heteroatoms. The first kappa shape index (κ1) is 24.4. The van der Waals surface area contributed by atoms with Crippen molar-refractivity contribution in [3.63, 3.8) is 0 Å². The first-order valence-corrected chi connectivity index (χ1v) is 10.6. The molecule has 2 aromatic carbocycles. The fourth-order valence-corrected chi connectivity index (χ4v) is 3.09. The van der Waals surface area contributed by atoms with Gasteiger partial charge in [-0.2, -0.15) is 0 Å². The van der Waals surface area contributed by atoms with Crippen LogP contribution in [0.2, 0.25) is 0 Å². The van der Waals surface area contributed by atoms with Gasteiger partial charge < -0.3 is 29.3 Å². The molecule has 1 atom stereocenters. The molecular formula is C25H26N2O7. The lowest BCUT2D eigenvalue weighted by molar-refractivity contribution is -0.123. The minimum atomic E-state index is -1.11. The lowest BCUT2D eigenvalue weighted by Gasteiger charge is -2.17. The van der Waals surface area contributed by atoms with Crippen LogP contribution in [0.5, 0.6) is 11.5 Å². The van der Waals surface area contributed by atoms with E-state index >= 15 is 0 Å². The lowest BCUT2D eigenvalue weighted by atomic mass is 10.1. The molecule has 34 heavy (non-hydrogen) atoms. The van der Waals surface area contributed by atoms with E-state index in [1.165, 1.54) is 45.6 Å². The fraction of sp³-hybridized carbons (Fsp3) is 0.240. The lowest BCUT2D eigenvalue weighted by Crippen LogP contribution is -2.30. The zero-order valence-electron chi connectivity index (χ0n) is 19.3. The topological polar surface area (TPSA) is 116 Å². The van der Waals surface area contributed by atoms with Crippen molar-refractivity contribution in [2.75, 3.05) is 24.9 Å². The van der Waals surface area contributed by atoms with Crippen molar-refractivity contribution in [3.05, 3.63) is 71.7 Å². The van der Waals surface area contributed by atoms with E-state index in [2.05, 4.69) is 10.6 Å². The van der Waals surface area contributed by atoms with E-state index in [9.17, 15) is 14.4 Å². The Bertz CT molecular complexity index is 1150. The fourth-order valence-electron chi connectivity index (χ4n) is 3.09. The smallest absolute Gasteiger partial charge is 0.341 e. The monoisotopic (exact) mass is 466 g/mol. The molecule has 0 aliphatic heterocycles. The Morgan fingerprint density at radius 3 is 2.24 bits per heavy atom. The van der Waals surface area contributed by atoms with Crippen LogP contribution in [-0.2, 0) is 16.0 Å². The molecule has 9 nitrogen and oxygen atoms in total. The highest BCUT2D eigenvalue weighted by molar-refractivity contribution is 6.07. The van der Waals surface area contributed by atoms with Crippen LogP contribution in [-0.4, -0.2) is 38.1 Å². The van der Waals surface area contributed by atoms with E-state index in [-0.39, 0.29) is 28.5 Å². The van der Waals surface area contributed by atoms with E-state index in [1.54, 1.807) is 18.2 Å². The molecule has 0 bridgehead atoms. The molecule has 0 aliphatic rings. The Balaban J connectivity index is 1.79. The largest absolute Gasteiger partial charge is 0.493 e. The molecule has 2 amide bonds. The Morgan fingerprint density at radius 2 is 1.65 bits per heavy atom. The molecule has 1 unspecified atom stereocenters. The molecule has 0 saturated carbocycles. The Morgan fingerprint density at radius 1 is 0.971 bits per heavy atom. The number of aryl methyl sites for hydroxylation is 1. The summed E-state index contributed by atoms with van der Waals surface area (Å²) in [6.07, 6.45) is 1.13. The molecule has 2 N–H and O–H groups in total. The number of rotatable bonds is 9. The summed E-state index contributed by atoms with van der Waals surface area (Å²) in [5.74, 6) is -1.32. The molecule has 3 aromatic rings. The van der Waals surface area contributed by atoms with Crippen molar-refractivity contribution in [2.45, 2.75) is 26.4 Å². The van der Waals surface area contributed by atoms with Gasteiger partial charge in [0.1, 0.15) is 0 Å². The molecule has 0 spiro atoms. The van der Waals surface area contributed by atoms with Crippen molar-refractivity contribution in [3.8, 4) is 11.5 Å². The number of ether oxygens (including phenoxy) is 3. The molecule has 0 radical (unpaired) electrons. The number of amides is 2. The highest BCUT2D eigenvalue weighted by atomic mass is 16.5. The summed E-state index contributed by atoms with van der Waals surface area (Å²) < 4.78 is 21.0. The minimum Gasteiger partial charge on any atom is -0.493 e. The summed E-state index contributed by atoms with van der Waals surface area (Å²) in [5.41, 5.74) is 1.80. The van der Waals surface area contributed by atoms with Gasteiger partial charge in [0.15, 0.2) is 23.4 Å². The normalized spacial score (nSPS) is 11.3. The highest BCUT2D eigenvalue weighted by Crippen LogP contribution is 2.34. The van der Waals surface area contributed by atoms with Crippen LogP contribution in [0, 0.1) is 0 Å². The van der Waals surface area contributed by atoms with Crippen LogP contribution in [0.4, 0.5) is 11.4 Å². The van der Waals surface area contributed by atoms with Crippen molar-refractivity contribution in [1.29, 1.82) is 0 Å². The van der Waals surface area contributed by atoms with Gasteiger partial charge in [-0.3, -0.25) is 9.59 Å². The maximum absolute atomic E-state index is 13.0. The molecule has 0 saturated heterocycles. The average Bonchev–Trinajstić information content (AvgIpc) is 3.39. The summed E-state index contributed by atoms with van der Waals surface area (Å²) in [6.45, 7) is 3.49. The van der Waals surface area contributed by atoms with Crippen molar-refractivity contribution < 1.29 is 33.0 Å². The van der Waals surface area contributed by atoms with Gasteiger partial charge in [-0.25, -0.2) is 4.79 Å². The van der Waals surface area contributed by atoms with Crippen molar-refractivity contribution in [2.24, 2.45) is 0 Å². The van der Waals surface area contributed by atoms with Crippen LogP contribution in [0.3, 0.4) is 0 Å². The average molecular weight is 466 g/mol. The molecule has 1 heterocycles. The Labute approximate surface area is 197 Å². The number of furan rings is 1. The number of methoxy groups -OCH3 is 2. The second kappa shape index (κ2) is 11.0. The quantitative estimate of drug-likeness (QED) is 0.452. The van der Waals surface area contributed by atoms with Crippen LogP contribution in [0.25, 0.3) is 0 Å². The number of carbonyl (C=O) groups is 3. The van der Waals surface area contributed by atoms with Crippen LogP contribution in [0.1, 0.15) is 40.3 Å². The second-order valence-corrected chi connectivity index (χ2v) is 7.27. The first-order valence-electron chi connectivity index (χ1n) is 10.6. The SMILES string of the molecule is CCc1ccc(NC(=O)C(C)OC(=O)c2cc(OC)c(OC)cc2NC(=O)c2ccco2)cc1. The predicted molar refractivity (Wildman–Crippen MR) is 126 cm³/mol. The van der Waals surface area contributed by atoms with Gasteiger partial charge in [-0.1, -0.05) is 19.1 Å². The first-order chi connectivity index (χ1) is 16.4. The molecule has 0 fully saturated rings. The third-order valence-electron chi connectivity index (χ3n) is 5.02. The van der Waals surface area contributed by atoms with Gasteiger partial charge >= 0.3 is 5.97 Å². The molecular weight excluding hydrogens is 440 g/mol. The molecule has 178 valence electrons. The Kier molecular flexibility index (Phi) is 7.92. The summed E-state index contributed by atoms with van der Waals surface area (Å²) in [6, 6.07) is 13.2. The number of anilines is 2. The zero-order chi connectivity index (χ0) is 24.7.